The summed E-state index contributed by atoms with van der Waals surface area (Å²) < 4.78 is 5.82. The monoisotopic (exact) mass is 242 g/mol. The Labute approximate surface area is 108 Å². The van der Waals surface area contributed by atoms with E-state index in [2.05, 4.69) is 24.3 Å². The van der Waals surface area contributed by atoms with Crippen LogP contribution in [0.5, 0.6) is 0 Å². The maximum atomic E-state index is 11.8. The first-order chi connectivity index (χ1) is 8.77. The lowest BCUT2D eigenvalue weighted by atomic mass is 9.82. The third-order valence-electron chi connectivity index (χ3n) is 4.03. The Hall–Kier alpha value is -1.41. The van der Waals surface area contributed by atoms with Crippen molar-refractivity contribution < 1.29 is 9.53 Å². The van der Waals surface area contributed by atoms with Gasteiger partial charge in [-0.1, -0.05) is 42.5 Å². The summed E-state index contributed by atoms with van der Waals surface area (Å²) in [5.41, 5.74) is 1.18. The molecule has 3 rings (SSSR count). The van der Waals surface area contributed by atoms with Gasteiger partial charge in [0.25, 0.3) is 0 Å². The van der Waals surface area contributed by atoms with Gasteiger partial charge in [-0.15, -0.1) is 0 Å². The van der Waals surface area contributed by atoms with Crippen LogP contribution >= 0.6 is 0 Å². The molecule has 0 heterocycles. The van der Waals surface area contributed by atoms with Crippen LogP contribution in [0, 0.1) is 11.3 Å². The first kappa shape index (κ1) is 11.7. The summed E-state index contributed by atoms with van der Waals surface area (Å²) in [5.74, 6) is 0.679. The van der Waals surface area contributed by atoms with Gasteiger partial charge in [0.1, 0.15) is 5.78 Å². The van der Waals surface area contributed by atoms with Gasteiger partial charge in [-0.2, -0.15) is 0 Å². The molecule has 2 aliphatic rings. The average Bonchev–Trinajstić information content (AvgIpc) is 2.61. The van der Waals surface area contributed by atoms with Crippen LogP contribution in [0.4, 0.5) is 0 Å². The molecule has 94 valence electrons. The summed E-state index contributed by atoms with van der Waals surface area (Å²) in [6, 6.07) is 10.2. The summed E-state index contributed by atoms with van der Waals surface area (Å²) in [5, 5.41) is 0. The number of fused-ring (bicyclic) bond motifs is 2. The summed E-state index contributed by atoms with van der Waals surface area (Å²) in [6.45, 7) is 1.30. The molecule has 2 atom stereocenters. The molecule has 0 radical (unpaired) electrons. The second-order valence-corrected chi connectivity index (χ2v) is 5.52. The van der Waals surface area contributed by atoms with E-state index in [4.69, 9.17) is 4.74 Å². The third-order valence-corrected chi connectivity index (χ3v) is 4.03. The Kier molecular flexibility index (Phi) is 3.04. The fourth-order valence-corrected chi connectivity index (χ4v) is 3.10. The van der Waals surface area contributed by atoms with Crippen LogP contribution in [0.25, 0.3) is 0 Å². The zero-order valence-electron chi connectivity index (χ0n) is 10.5. The summed E-state index contributed by atoms with van der Waals surface area (Å²) in [7, 11) is 0. The molecule has 0 amide bonds. The van der Waals surface area contributed by atoms with Gasteiger partial charge in [-0.25, -0.2) is 0 Å². The molecule has 2 heteroatoms. The topological polar surface area (TPSA) is 26.3 Å². The van der Waals surface area contributed by atoms with Crippen LogP contribution in [0.15, 0.2) is 42.5 Å². The molecule has 1 saturated carbocycles. The standard InChI is InChI=1S/C16H18O2/c17-15-10-16(8-4-7-14(15)9-16)12-18-11-13-5-2-1-3-6-13/h1-6,8,14H,7,9-12H2/t14-,16+/m1/s1. The van der Waals surface area contributed by atoms with Crippen molar-refractivity contribution >= 4 is 5.78 Å². The number of ketones is 1. The Morgan fingerprint density at radius 2 is 2.11 bits per heavy atom. The molecular weight excluding hydrogens is 224 g/mol. The van der Waals surface area contributed by atoms with E-state index in [0.717, 1.165) is 12.8 Å². The third kappa shape index (κ3) is 2.25. The molecule has 2 aliphatic carbocycles. The normalized spacial score (nSPS) is 29.8. The minimum Gasteiger partial charge on any atom is -0.376 e. The number of hydrogen-bond donors (Lipinski definition) is 0. The Bertz CT molecular complexity index is 463. The van der Waals surface area contributed by atoms with Crippen molar-refractivity contribution in [3.8, 4) is 0 Å². The number of ether oxygens (including phenoxy) is 1. The van der Waals surface area contributed by atoms with E-state index in [1.54, 1.807) is 0 Å². The van der Waals surface area contributed by atoms with Gasteiger partial charge in [0, 0.05) is 17.8 Å². The van der Waals surface area contributed by atoms with E-state index < -0.39 is 0 Å². The molecule has 0 N–H and O–H groups in total. The lowest BCUT2D eigenvalue weighted by Crippen LogP contribution is -2.23. The van der Waals surface area contributed by atoms with Crippen molar-refractivity contribution in [2.24, 2.45) is 11.3 Å². The van der Waals surface area contributed by atoms with E-state index in [0.29, 0.717) is 25.4 Å². The van der Waals surface area contributed by atoms with Crippen molar-refractivity contribution in [2.45, 2.75) is 25.9 Å². The second-order valence-electron chi connectivity index (χ2n) is 5.52. The van der Waals surface area contributed by atoms with Crippen LogP contribution in [0.2, 0.25) is 0 Å². The van der Waals surface area contributed by atoms with Gasteiger partial charge in [-0.05, 0) is 18.4 Å². The maximum Gasteiger partial charge on any atom is 0.137 e. The zero-order chi connectivity index (χ0) is 12.4. The molecule has 18 heavy (non-hydrogen) atoms. The van der Waals surface area contributed by atoms with Gasteiger partial charge < -0.3 is 4.74 Å². The predicted molar refractivity (Wildman–Crippen MR) is 70.0 cm³/mol. The molecule has 0 saturated heterocycles. The van der Waals surface area contributed by atoms with Crippen molar-refractivity contribution in [3.63, 3.8) is 0 Å². The van der Waals surface area contributed by atoms with E-state index in [1.165, 1.54) is 5.56 Å². The molecule has 1 aromatic carbocycles. The highest BCUT2D eigenvalue weighted by Crippen LogP contribution is 2.45. The first-order valence-corrected chi connectivity index (χ1v) is 6.60. The minimum atomic E-state index is -0.00518. The van der Waals surface area contributed by atoms with E-state index >= 15 is 0 Å². The highest BCUT2D eigenvalue weighted by atomic mass is 16.5. The predicted octanol–water partition coefficient (Wildman–Crippen LogP) is 3.13. The molecule has 1 fully saturated rings. The Morgan fingerprint density at radius 3 is 2.94 bits per heavy atom. The summed E-state index contributed by atoms with van der Waals surface area (Å²) in [6.07, 6.45) is 6.95. The number of carbonyl (C=O) groups excluding carboxylic acids is 1. The van der Waals surface area contributed by atoms with Crippen molar-refractivity contribution in [2.75, 3.05) is 6.61 Å². The van der Waals surface area contributed by atoms with Crippen molar-refractivity contribution in [1.29, 1.82) is 0 Å². The van der Waals surface area contributed by atoms with E-state index in [-0.39, 0.29) is 11.3 Å². The number of hydrogen-bond acceptors (Lipinski definition) is 2. The number of rotatable bonds is 4. The zero-order valence-corrected chi connectivity index (χ0v) is 10.5. The van der Waals surface area contributed by atoms with Crippen LogP contribution < -0.4 is 0 Å². The molecule has 0 unspecified atom stereocenters. The number of benzene rings is 1. The highest BCUT2D eigenvalue weighted by Gasteiger charge is 2.44. The molecule has 1 aromatic rings. The fourth-order valence-electron chi connectivity index (χ4n) is 3.10. The molecule has 0 spiro atoms. The molecule has 0 aromatic heterocycles. The van der Waals surface area contributed by atoms with Gasteiger partial charge >= 0.3 is 0 Å². The van der Waals surface area contributed by atoms with Crippen LogP contribution in [0.1, 0.15) is 24.8 Å². The number of carbonyl (C=O) groups is 1. The van der Waals surface area contributed by atoms with E-state index in [9.17, 15) is 4.79 Å². The molecular formula is C16H18O2. The Balaban J connectivity index is 1.59. The highest BCUT2D eigenvalue weighted by molar-refractivity contribution is 5.85. The summed E-state index contributed by atoms with van der Waals surface area (Å²) >= 11 is 0. The van der Waals surface area contributed by atoms with Crippen molar-refractivity contribution in [1.82, 2.24) is 0 Å². The van der Waals surface area contributed by atoms with Crippen molar-refractivity contribution in [3.05, 3.63) is 48.0 Å². The fraction of sp³-hybridized carbons (Fsp3) is 0.438. The molecule has 2 bridgehead atoms. The molecule has 0 aliphatic heterocycles. The Morgan fingerprint density at radius 1 is 1.28 bits per heavy atom. The first-order valence-electron chi connectivity index (χ1n) is 6.60. The number of Topliss-reactive ketones (excluding diaryl/α,β-unsaturated/α-hetero) is 1. The van der Waals surface area contributed by atoms with Gasteiger partial charge in [0.2, 0.25) is 0 Å². The minimum absolute atomic E-state index is 0.00518. The summed E-state index contributed by atoms with van der Waals surface area (Å²) in [4.78, 5) is 11.8. The largest absolute Gasteiger partial charge is 0.376 e. The van der Waals surface area contributed by atoms with E-state index in [1.807, 2.05) is 18.2 Å². The smallest absolute Gasteiger partial charge is 0.137 e. The van der Waals surface area contributed by atoms with Crippen LogP contribution in [0.3, 0.4) is 0 Å². The second kappa shape index (κ2) is 4.69. The maximum absolute atomic E-state index is 11.8. The number of allylic oxidation sites excluding steroid dienone is 1. The van der Waals surface area contributed by atoms with Gasteiger partial charge in [0.15, 0.2) is 0 Å². The lowest BCUT2D eigenvalue weighted by Gasteiger charge is -2.27. The van der Waals surface area contributed by atoms with Gasteiger partial charge in [-0.3, -0.25) is 4.79 Å². The van der Waals surface area contributed by atoms with Gasteiger partial charge in [0.05, 0.1) is 13.2 Å². The quantitative estimate of drug-likeness (QED) is 0.758. The SMILES string of the molecule is O=C1C[C@]2(COCc3ccccc3)C=CC[C@@H]1C2. The molecule has 2 nitrogen and oxygen atoms in total. The average molecular weight is 242 g/mol. The van der Waals surface area contributed by atoms with Crippen LogP contribution in [-0.4, -0.2) is 12.4 Å². The lowest BCUT2D eigenvalue weighted by molar-refractivity contribution is -0.120. The van der Waals surface area contributed by atoms with Crippen LogP contribution in [-0.2, 0) is 16.1 Å².